The van der Waals surface area contributed by atoms with Gasteiger partial charge in [-0.1, -0.05) is 18.2 Å². The zero-order valence-corrected chi connectivity index (χ0v) is 16.8. The van der Waals surface area contributed by atoms with E-state index in [0.717, 1.165) is 42.4 Å². The first-order valence-corrected chi connectivity index (χ1v) is 10.1. The van der Waals surface area contributed by atoms with Crippen LogP contribution in [0.2, 0.25) is 0 Å². The highest BCUT2D eigenvalue weighted by atomic mass is 19.1. The summed E-state index contributed by atoms with van der Waals surface area (Å²) in [5.74, 6) is 1.60. The van der Waals surface area contributed by atoms with E-state index in [9.17, 15) is 4.39 Å². The number of hydrogen-bond acceptors (Lipinski definition) is 5. The zero-order chi connectivity index (χ0) is 20.8. The van der Waals surface area contributed by atoms with Crippen LogP contribution in [0.25, 0.3) is 11.4 Å². The van der Waals surface area contributed by atoms with E-state index in [0.29, 0.717) is 18.9 Å². The first-order valence-electron chi connectivity index (χ1n) is 10.1. The highest BCUT2D eigenvalue weighted by molar-refractivity contribution is 5.80. The van der Waals surface area contributed by atoms with Crippen molar-refractivity contribution >= 4 is 11.8 Å². The van der Waals surface area contributed by atoms with Gasteiger partial charge in [-0.05, 0) is 37.1 Å². The predicted octanol–water partition coefficient (Wildman–Crippen LogP) is 2.34. The SMILES string of the molecule is CCNC(=NCc1cccc(-c2ncn[nH]2)c1)NC1CCN(c2ncccc2F)C1. The number of aromatic amines is 1. The summed E-state index contributed by atoms with van der Waals surface area (Å²) >= 11 is 0. The van der Waals surface area contributed by atoms with Gasteiger partial charge in [0.2, 0.25) is 0 Å². The molecule has 1 saturated heterocycles. The molecule has 4 rings (SSSR count). The second-order valence-corrected chi connectivity index (χ2v) is 7.11. The lowest BCUT2D eigenvalue weighted by molar-refractivity contribution is 0.612. The van der Waals surface area contributed by atoms with Crippen molar-refractivity contribution in [1.29, 1.82) is 0 Å². The molecule has 1 unspecified atom stereocenters. The van der Waals surface area contributed by atoms with Gasteiger partial charge in [-0.25, -0.2) is 19.4 Å². The van der Waals surface area contributed by atoms with Crippen LogP contribution in [0.4, 0.5) is 10.2 Å². The molecule has 3 N–H and O–H groups in total. The minimum Gasteiger partial charge on any atom is -0.357 e. The third kappa shape index (κ3) is 4.73. The third-order valence-electron chi connectivity index (χ3n) is 4.95. The van der Waals surface area contributed by atoms with E-state index < -0.39 is 0 Å². The number of nitrogens with zero attached hydrogens (tertiary/aromatic N) is 5. The molecule has 0 saturated carbocycles. The molecular weight excluding hydrogens is 383 g/mol. The van der Waals surface area contributed by atoms with Crippen LogP contribution in [0.5, 0.6) is 0 Å². The van der Waals surface area contributed by atoms with E-state index in [1.807, 2.05) is 30.0 Å². The van der Waals surface area contributed by atoms with Crippen LogP contribution < -0.4 is 15.5 Å². The Morgan fingerprint density at radius 2 is 2.23 bits per heavy atom. The van der Waals surface area contributed by atoms with E-state index in [1.54, 1.807) is 12.3 Å². The zero-order valence-electron chi connectivity index (χ0n) is 16.8. The van der Waals surface area contributed by atoms with Gasteiger partial charge < -0.3 is 15.5 Å². The third-order valence-corrected chi connectivity index (χ3v) is 4.95. The van der Waals surface area contributed by atoms with Crippen LogP contribution in [0.3, 0.4) is 0 Å². The Balaban J connectivity index is 1.40. The van der Waals surface area contributed by atoms with Crippen LogP contribution in [0, 0.1) is 5.82 Å². The van der Waals surface area contributed by atoms with Gasteiger partial charge in [0.25, 0.3) is 0 Å². The Kier molecular flexibility index (Phi) is 6.17. The molecule has 3 aromatic rings. The van der Waals surface area contributed by atoms with Gasteiger partial charge in [-0.3, -0.25) is 5.10 Å². The Morgan fingerprint density at radius 3 is 3.03 bits per heavy atom. The van der Waals surface area contributed by atoms with Crippen molar-refractivity contribution in [3.8, 4) is 11.4 Å². The molecule has 1 aliphatic heterocycles. The van der Waals surface area contributed by atoms with E-state index in [-0.39, 0.29) is 11.9 Å². The average molecular weight is 408 g/mol. The quantitative estimate of drug-likeness (QED) is 0.428. The normalized spacial score (nSPS) is 16.7. The molecule has 156 valence electrons. The van der Waals surface area contributed by atoms with Gasteiger partial charge in [-0.2, -0.15) is 5.10 Å². The van der Waals surface area contributed by atoms with E-state index in [4.69, 9.17) is 4.99 Å². The summed E-state index contributed by atoms with van der Waals surface area (Å²) in [5.41, 5.74) is 2.05. The smallest absolute Gasteiger partial charge is 0.191 e. The lowest BCUT2D eigenvalue weighted by atomic mass is 10.1. The number of aliphatic imine (C=N–C) groups is 1. The monoisotopic (exact) mass is 408 g/mol. The standard InChI is InChI=1S/C21H25FN8/c1-2-23-21(25-12-15-5-3-6-16(11-15)19-26-14-27-29-19)28-17-8-10-30(13-17)20-18(22)7-4-9-24-20/h3-7,9,11,14,17H,2,8,10,12-13H2,1H3,(H2,23,25,28)(H,26,27,29). The average Bonchev–Trinajstić information content (AvgIpc) is 3.45. The number of benzene rings is 1. The van der Waals surface area contributed by atoms with Crippen LogP contribution in [0.15, 0.2) is 53.9 Å². The molecule has 0 bridgehead atoms. The van der Waals surface area contributed by atoms with E-state index in [1.165, 1.54) is 12.4 Å². The topological polar surface area (TPSA) is 94.1 Å². The lowest BCUT2D eigenvalue weighted by Crippen LogP contribution is -2.44. The largest absolute Gasteiger partial charge is 0.357 e. The van der Waals surface area contributed by atoms with E-state index in [2.05, 4.69) is 36.9 Å². The number of halogens is 1. The van der Waals surface area contributed by atoms with Gasteiger partial charge in [0, 0.05) is 37.4 Å². The van der Waals surface area contributed by atoms with E-state index >= 15 is 0 Å². The molecule has 2 aromatic heterocycles. The molecule has 0 aliphatic carbocycles. The van der Waals surface area contributed by atoms with Gasteiger partial charge in [0.15, 0.2) is 23.4 Å². The summed E-state index contributed by atoms with van der Waals surface area (Å²) in [7, 11) is 0. The van der Waals surface area contributed by atoms with Crippen molar-refractivity contribution in [1.82, 2.24) is 30.8 Å². The van der Waals surface area contributed by atoms with Crippen molar-refractivity contribution < 1.29 is 4.39 Å². The number of nitrogens with one attached hydrogen (secondary N) is 3. The molecule has 1 aromatic carbocycles. The molecule has 3 heterocycles. The fraction of sp³-hybridized carbons (Fsp3) is 0.333. The maximum Gasteiger partial charge on any atom is 0.191 e. The minimum absolute atomic E-state index is 0.171. The summed E-state index contributed by atoms with van der Waals surface area (Å²) in [6.45, 7) is 4.76. The molecule has 0 spiro atoms. The molecule has 1 aliphatic rings. The predicted molar refractivity (Wildman–Crippen MR) is 115 cm³/mol. The Hall–Kier alpha value is -3.49. The number of hydrogen-bond donors (Lipinski definition) is 3. The number of guanidine groups is 1. The molecular formula is C21H25FN8. The molecule has 0 radical (unpaired) electrons. The maximum absolute atomic E-state index is 14.0. The summed E-state index contributed by atoms with van der Waals surface area (Å²) in [6.07, 6.45) is 4.01. The van der Waals surface area contributed by atoms with Crippen molar-refractivity contribution in [3.63, 3.8) is 0 Å². The Labute approximate surface area is 174 Å². The van der Waals surface area contributed by atoms with Gasteiger partial charge >= 0.3 is 0 Å². The summed E-state index contributed by atoms with van der Waals surface area (Å²) in [6, 6.07) is 11.3. The number of aromatic nitrogens is 4. The number of H-pyrrole nitrogens is 1. The lowest BCUT2D eigenvalue weighted by Gasteiger charge is -2.20. The molecule has 1 fully saturated rings. The molecule has 8 nitrogen and oxygen atoms in total. The number of pyridine rings is 1. The highest BCUT2D eigenvalue weighted by Crippen LogP contribution is 2.21. The van der Waals surface area contributed by atoms with Crippen molar-refractivity contribution in [2.75, 3.05) is 24.5 Å². The molecule has 0 amide bonds. The number of rotatable bonds is 6. The maximum atomic E-state index is 14.0. The molecule has 9 heteroatoms. The Bertz CT molecular complexity index is 988. The van der Waals surface area contributed by atoms with Crippen molar-refractivity contribution in [2.45, 2.75) is 25.9 Å². The van der Waals surface area contributed by atoms with Crippen LogP contribution in [-0.2, 0) is 6.54 Å². The first-order chi connectivity index (χ1) is 14.7. The van der Waals surface area contributed by atoms with Gasteiger partial charge in [-0.15, -0.1) is 0 Å². The summed E-state index contributed by atoms with van der Waals surface area (Å²) in [4.78, 5) is 15.1. The minimum atomic E-state index is -0.287. The van der Waals surface area contributed by atoms with Gasteiger partial charge in [0.1, 0.15) is 6.33 Å². The molecule has 1 atom stereocenters. The van der Waals surface area contributed by atoms with Crippen LogP contribution in [0.1, 0.15) is 18.9 Å². The van der Waals surface area contributed by atoms with Gasteiger partial charge in [0.05, 0.1) is 6.54 Å². The van der Waals surface area contributed by atoms with Crippen LogP contribution in [-0.4, -0.2) is 51.8 Å². The fourth-order valence-electron chi connectivity index (χ4n) is 3.53. The summed E-state index contributed by atoms with van der Waals surface area (Å²) in [5, 5.41) is 13.5. The van der Waals surface area contributed by atoms with Crippen LogP contribution >= 0.6 is 0 Å². The fourth-order valence-corrected chi connectivity index (χ4v) is 3.53. The van der Waals surface area contributed by atoms with Crippen molar-refractivity contribution in [2.24, 2.45) is 4.99 Å². The summed E-state index contributed by atoms with van der Waals surface area (Å²) < 4.78 is 14.0. The highest BCUT2D eigenvalue weighted by Gasteiger charge is 2.25. The second kappa shape index (κ2) is 9.34. The Morgan fingerprint density at radius 1 is 1.30 bits per heavy atom. The first kappa shape index (κ1) is 19.8. The second-order valence-electron chi connectivity index (χ2n) is 7.11. The molecule has 30 heavy (non-hydrogen) atoms. The number of anilines is 1. The van der Waals surface area contributed by atoms with Crippen molar-refractivity contribution in [3.05, 3.63) is 60.3 Å².